The van der Waals surface area contributed by atoms with E-state index in [0.717, 1.165) is 16.8 Å². The van der Waals surface area contributed by atoms with Crippen LogP contribution in [0, 0.1) is 17.0 Å². The summed E-state index contributed by atoms with van der Waals surface area (Å²) in [6.07, 6.45) is 1.16. The van der Waals surface area contributed by atoms with Crippen LogP contribution in [0.15, 0.2) is 17.1 Å². The van der Waals surface area contributed by atoms with E-state index >= 15 is 0 Å². The van der Waals surface area contributed by atoms with E-state index in [1.165, 1.54) is 6.92 Å². The first-order valence-electron chi connectivity index (χ1n) is 4.98. The highest BCUT2D eigenvalue weighted by Crippen LogP contribution is 2.18. The second kappa shape index (κ2) is 4.77. The molecule has 0 aromatic carbocycles. The molecule has 17 heavy (non-hydrogen) atoms. The molecule has 1 heterocycles. The van der Waals surface area contributed by atoms with Crippen LogP contribution < -0.4 is 5.56 Å². The number of rotatable bonds is 4. The van der Waals surface area contributed by atoms with Crippen LogP contribution in [0.2, 0.25) is 0 Å². The van der Waals surface area contributed by atoms with Crippen molar-refractivity contribution in [3.05, 3.63) is 38.3 Å². The van der Waals surface area contributed by atoms with Gasteiger partial charge in [-0.1, -0.05) is 6.92 Å². The molecule has 1 rings (SSSR count). The second-order valence-corrected chi connectivity index (χ2v) is 3.61. The third kappa shape index (κ3) is 2.49. The quantitative estimate of drug-likeness (QED) is 0.627. The van der Waals surface area contributed by atoms with Gasteiger partial charge >= 0.3 is 5.97 Å². The van der Waals surface area contributed by atoms with E-state index < -0.39 is 22.5 Å². The summed E-state index contributed by atoms with van der Waals surface area (Å²) in [6, 6.07) is -0.00852. The molecular weight excluding hydrogens is 228 g/mol. The third-order valence-corrected chi connectivity index (χ3v) is 2.46. The van der Waals surface area contributed by atoms with Crippen molar-refractivity contribution in [3.63, 3.8) is 0 Å². The predicted molar refractivity (Wildman–Crippen MR) is 59.1 cm³/mol. The van der Waals surface area contributed by atoms with E-state index in [9.17, 15) is 19.7 Å². The maximum Gasteiger partial charge on any atom is 0.326 e. The Balaban J connectivity index is 3.43. The first-order valence-corrected chi connectivity index (χ1v) is 4.98. The first kappa shape index (κ1) is 12.9. The summed E-state index contributed by atoms with van der Waals surface area (Å²) in [5, 5.41) is 19.6. The van der Waals surface area contributed by atoms with Gasteiger partial charge in [-0.15, -0.1) is 0 Å². The van der Waals surface area contributed by atoms with Crippen molar-refractivity contribution < 1.29 is 14.8 Å². The number of pyridine rings is 1. The average molecular weight is 240 g/mol. The molecule has 0 spiro atoms. The molecule has 0 amide bonds. The lowest BCUT2D eigenvalue weighted by atomic mass is 10.2. The number of carbonyl (C=O) groups is 1. The summed E-state index contributed by atoms with van der Waals surface area (Å²) < 4.78 is 0.882. The summed E-state index contributed by atoms with van der Waals surface area (Å²) in [6.45, 7) is 3.03. The van der Waals surface area contributed by atoms with Gasteiger partial charge in [0.05, 0.1) is 11.1 Å². The molecule has 0 radical (unpaired) electrons. The molecule has 0 bridgehead atoms. The van der Waals surface area contributed by atoms with E-state index in [1.807, 2.05) is 0 Å². The number of aliphatic carboxylic acids is 1. The van der Waals surface area contributed by atoms with Crippen LogP contribution in [-0.2, 0) is 4.79 Å². The van der Waals surface area contributed by atoms with Crippen molar-refractivity contribution in [1.82, 2.24) is 4.57 Å². The van der Waals surface area contributed by atoms with Gasteiger partial charge in [0.1, 0.15) is 6.04 Å². The predicted octanol–water partition coefficient (Wildman–Crippen LogP) is 1.10. The monoisotopic (exact) mass is 240 g/mol. The van der Waals surface area contributed by atoms with Crippen LogP contribution in [0.5, 0.6) is 0 Å². The Bertz CT molecular complexity index is 520. The van der Waals surface area contributed by atoms with Crippen LogP contribution in [0.3, 0.4) is 0 Å². The fraction of sp³-hybridized carbons (Fsp3) is 0.400. The SMILES string of the molecule is CCC(C(=O)O)n1cc([N+](=O)[O-])c(C)cc1=O. The summed E-state index contributed by atoms with van der Waals surface area (Å²) in [5.74, 6) is -1.19. The van der Waals surface area contributed by atoms with Crippen LogP contribution >= 0.6 is 0 Å². The Kier molecular flexibility index (Phi) is 3.62. The lowest BCUT2D eigenvalue weighted by Gasteiger charge is -2.13. The molecule has 0 fully saturated rings. The van der Waals surface area contributed by atoms with Gasteiger partial charge in [-0.05, 0) is 13.3 Å². The molecule has 0 saturated carbocycles. The number of aromatic nitrogens is 1. The molecule has 0 aliphatic carbocycles. The highest BCUT2D eigenvalue weighted by Gasteiger charge is 2.22. The summed E-state index contributed by atoms with van der Waals surface area (Å²) in [4.78, 5) is 32.6. The molecule has 7 nitrogen and oxygen atoms in total. The van der Waals surface area contributed by atoms with E-state index in [0.29, 0.717) is 0 Å². The van der Waals surface area contributed by atoms with Gasteiger partial charge in [-0.3, -0.25) is 19.5 Å². The van der Waals surface area contributed by atoms with E-state index in [1.54, 1.807) is 6.92 Å². The standard InChI is InChI=1S/C10H12N2O5/c1-3-7(10(14)15)11-5-8(12(16)17)6(2)4-9(11)13/h4-5,7H,3H2,1-2H3,(H,14,15). The maximum absolute atomic E-state index is 11.6. The lowest BCUT2D eigenvalue weighted by Crippen LogP contribution is -2.29. The molecule has 0 aliphatic rings. The Morgan fingerprint density at radius 1 is 1.65 bits per heavy atom. The molecule has 0 saturated heterocycles. The Morgan fingerprint density at radius 3 is 2.65 bits per heavy atom. The number of nitrogens with zero attached hydrogens (tertiary/aromatic N) is 2. The molecule has 1 aromatic heterocycles. The van der Waals surface area contributed by atoms with Crippen molar-refractivity contribution in [3.8, 4) is 0 Å². The average Bonchev–Trinajstić information content (AvgIpc) is 2.21. The number of hydrogen-bond acceptors (Lipinski definition) is 4. The number of carboxylic acid groups (broad SMARTS) is 1. The lowest BCUT2D eigenvalue weighted by molar-refractivity contribution is -0.386. The van der Waals surface area contributed by atoms with Crippen molar-refractivity contribution >= 4 is 11.7 Å². The minimum absolute atomic E-state index is 0.176. The third-order valence-electron chi connectivity index (χ3n) is 2.46. The van der Waals surface area contributed by atoms with Crippen molar-refractivity contribution in [1.29, 1.82) is 0 Å². The van der Waals surface area contributed by atoms with Gasteiger partial charge in [-0.2, -0.15) is 0 Å². The zero-order chi connectivity index (χ0) is 13.2. The summed E-state index contributed by atoms with van der Waals surface area (Å²) >= 11 is 0. The van der Waals surface area contributed by atoms with E-state index in [4.69, 9.17) is 5.11 Å². The molecule has 1 atom stereocenters. The molecule has 7 heteroatoms. The van der Waals surface area contributed by atoms with Crippen LogP contribution in [-0.4, -0.2) is 20.6 Å². The molecule has 1 unspecified atom stereocenters. The Labute approximate surface area is 96.5 Å². The number of aryl methyl sites for hydroxylation is 1. The fourth-order valence-electron chi connectivity index (χ4n) is 1.56. The topological polar surface area (TPSA) is 102 Å². The van der Waals surface area contributed by atoms with Crippen LogP contribution in [0.1, 0.15) is 24.9 Å². The van der Waals surface area contributed by atoms with Crippen molar-refractivity contribution in [2.75, 3.05) is 0 Å². The highest BCUT2D eigenvalue weighted by atomic mass is 16.6. The van der Waals surface area contributed by atoms with Crippen molar-refractivity contribution in [2.24, 2.45) is 0 Å². The largest absolute Gasteiger partial charge is 0.480 e. The molecule has 0 aliphatic heterocycles. The van der Waals surface area contributed by atoms with Gasteiger partial charge in [0.15, 0.2) is 0 Å². The van der Waals surface area contributed by atoms with Gasteiger partial charge in [0, 0.05) is 11.6 Å². The first-order chi connectivity index (χ1) is 7.88. The maximum atomic E-state index is 11.6. The Morgan fingerprint density at radius 2 is 2.24 bits per heavy atom. The van der Waals surface area contributed by atoms with Gasteiger partial charge < -0.3 is 5.11 Å². The molecule has 92 valence electrons. The van der Waals surface area contributed by atoms with Crippen LogP contribution in [0.4, 0.5) is 5.69 Å². The summed E-state index contributed by atoms with van der Waals surface area (Å²) in [7, 11) is 0. The van der Waals surface area contributed by atoms with Crippen molar-refractivity contribution in [2.45, 2.75) is 26.3 Å². The van der Waals surface area contributed by atoms with Gasteiger partial charge in [-0.25, -0.2) is 4.79 Å². The van der Waals surface area contributed by atoms with Gasteiger partial charge in [0.25, 0.3) is 11.2 Å². The molecular formula is C10H12N2O5. The fourth-order valence-corrected chi connectivity index (χ4v) is 1.56. The molecule has 1 N–H and O–H groups in total. The normalized spacial score (nSPS) is 12.1. The summed E-state index contributed by atoms with van der Waals surface area (Å²) in [5.41, 5.74) is -0.594. The number of nitro groups is 1. The molecule has 1 aromatic rings. The smallest absolute Gasteiger partial charge is 0.326 e. The minimum Gasteiger partial charge on any atom is -0.480 e. The minimum atomic E-state index is -1.19. The van der Waals surface area contributed by atoms with E-state index in [-0.39, 0.29) is 17.7 Å². The number of carboxylic acids is 1. The second-order valence-electron chi connectivity index (χ2n) is 3.61. The van der Waals surface area contributed by atoms with Gasteiger partial charge in [0.2, 0.25) is 0 Å². The van der Waals surface area contributed by atoms with Crippen LogP contribution in [0.25, 0.3) is 0 Å². The zero-order valence-electron chi connectivity index (χ0n) is 9.41. The highest BCUT2D eigenvalue weighted by molar-refractivity contribution is 5.71. The van der Waals surface area contributed by atoms with E-state index in [2.05, 4.69) is 0 Å². The Hall–Kier alpha value is -2.18. The number of hydrogen-bond donors (Lipinski definition) is 1. The zero-order valence-corrected chi connectivity index (χ0v) is 9.41.